The van der Waals surface area contributed by atoms with E-state index in [1.807, 2.05) is 12.1 Å². The van der Waals surface area contributed by atoms with E-state index in [1.165, 1.54) is 29.2 Å². The molecule has 0 atom stereocenters. The van der Waals surface area contributed by atoms with Gasteiger partial charge in [0.25, 0.3) is 5.91 Å². The number of rotatable bonds is 5. The van der Waals surface area contributed by atoms with E-state index in [4.69, 9.17) is 0 Å². The lowest BCUT2D eigenvalue weighted by Crippen LogP contribution is -2.34. The van der Waals surface area contributed by atoms with Gasteiger partial charge in [0.1, 0.15) is 5.82 Å². The molecule has 0 radical (unpaired) electrons. The van der Waals surface area contributed by atoms with Crippen molar-refractivity contribution in [3.8, 4) is 0 Å². The Morgan fingerprint density at radius 3 is 2.17 bits per heavy atom. The zero-order chi connectivity index (χ0) is 17.7. The first kappa shape index (κ1) is 17.7. The number of carbonyl (C=O) groups is 2. The number of amides is 2. The molecule has 2 rings (SSSR count). The molecule has 0 aliphatic rings. The van der Waals surface area contributed by atoms with Crippen LogP contribution >= 0.6 is 0 Å². The van der Waals surface area contributed by atoms with Crippen LogP contribution in [-0.4, -0.2) is 30.3 Å². The smallest absolute Gasteiger partial charge is 0.254 e. The zero-order valence-corrected chi connectivity index (χ0v) is 14.0. The second kappa shape index (κ2) is 7.73. The van der Waals surface area contributed by atoms with Crippen LogP contribution in [0.3, 0.4) is 0 Å². The molecule has 4 nitrogen and oxygen atoms in total. The number of nitrogens with zero attached hydrogens (tertiary/aromatic N) is 1. The predicted octanol–water partition coefficient (Wildman–Crippen LogP) is 3.66. The predicted molar refractivity (Wildman–Crippen MR) is 92.5 cm³/mol. The van der Waals surface area contributed by atoms with Crippen molar-refractivity contribution in [2.24, 2.45) is 0 Å². The highest BCUT2D eigenvalue weighted by Gasteiger charge is 2.15. The van der Waals surface area contributed by atoms with Crippen LogP contribution in [0.15, 0.2) is 48.5 Å². The van der Waals surface area contributed by atoms with E-state index in [0.717, 1.165) is 5.56 Å². The average Bonchev–Trinajstić information content (AvgIpc) is 2.56. The third kappa shape index (κ3) is 4.65. The lowest BCUT2D eigenvalue weighted by molar-refractivity contribution is -0.116. The van der Waals surface area contributed by atoms with Crippen molar-refractivity contribution >= 4 is 17.5 Å². The topological polar surface area (TPSA) is 49.4 Å². The SMILES string of the molecule is CC(C)c1ccc(C(=O)N(C)CC(=O)Nc2ccc(F)cc2)cc1. The fraction of sp³-hybridized carbons (Fsp3) is 0.263. The van der Waals surface area contributed by atoms with E-state index in [0.29, 0.717) is 17.2 Å². The summed E-state index contributed by atoms with van der Waals surface area (Å²) in [6.07, 6.45) is 0. The van der Waals surface area contributed by atoms with E-state index in [9.17, 15) is 14.0 Å². The molecule has 0 saturated carbocycles. The molecule has 1 N–H and O–H groups in total. The fourth-order valence-electron chi connectivity index (χ4n) is 2.25. The molecule has 5 heteroatoms. The Kier molecular flexibility index (Phi) is 5.68. The number of benzene rings is 2. The van der Waals surface area contributed by atoms with Crippen LogP contribution in [0.5, 0.6) is 0 Å². The lowest BCUT2D eigenvalue weighted by atomic mass is 10.0. The fourth-order valence-corrected chi connectivity index (χ4v) is 2.25. The van der Waals surface area contributed by atoms with Crippen molar-refractivity contribution in [1.29, 1.82) is 0 Å². The van der Waals surface area contributed by atoms with Gasteiger partial charge in [0.15, 0.2) is 0 Å². The largest absolute Gasteiger partial charge is 0.332 e. The molecule has 0 saturated heterocycles. The number of anilines is 1. The monoisotopic (exact) mass is 328 g/mol. The van der Waals surface area contributed by atoms with E-state index in [2.05, 4.69) is 19.2 Å². The highest BCUT2D eigenvalue weighted by Crippen LogP contribution is 2.15. The summed E-state index contributed by atoms with van der Waals surface area (Å²) < 4.78 is 12.8. The van der Waals surface area contributed by atoms with Gasteiger partial charge >= 0.3 is 0 Å². The summed E-state index contributed by atoms with van der Waals surface area (Å²) >= 11 is 0. The number of hydrogen-bond acceptors (Lipinski definition) is 2. The Bertz CT molecular complexity index is 709. The molecule has 0 spiro atoms. The van der Waals surface area contributed by atoms with Gasteiger partial charge in [0, 0.05) is 18.3 Å². The second-order valence-electron chi connectivity index (χ2n) is 5.99. The maximum Gasteiger partial charge on any atom is 0.254 e. The molecule has 0 aliphatic heterocycles. The van der Waals surface area contributed by atoms with Crippen molar-refractivity contribution in [2.75, 3.05) is 18.9 Å². The number of hydrogen-bond donors (Lipinski definition) is 1. The van der Waals surface area contributed by atoms with Crippen LogP contribution in [0.2, 0.25) is 0 Å². The summed E-state index contributed by atoms with van der Waals surface area (Å²) in [6, 6.07) is 12.9. The first-order chi connectivity index (χ1) is 11.4. The van der Waals surface area contributed by atoms with Gasteiger partial charge < -0.3 is 10.2 Å². The van der Waals surface area contributed by atoms with E-state index >= 15 is 0 Å². The number of halogens is 1. The molecule has 0 bridgehead atoms. The van der Waals surface area contributed by atoms with E-state index in [-0.39, 0.29) is 24.2 Å². The van der Waals surface area contributed by atoms with Crippen LogP contribution in [0.25, 0.3) is 0 Å². The maximum atomic E-state index is 12.8. The molecule has 0 unspecified atom stereocenters. The average molecular weight is 328 g/mol. The van der Waals surface area contributed by atoms with Crippen LogP contribution < -0.4 is 5.32 Å². The molecule has 24 heavy (non-hydrogen) atoms. The molecule has 2 aromatic rings. The summed E-state index contributed by atoms with van der Waals surface area (Å²) in [4.78, 5) is 25.7. The minimum atomic E-state index is -0.370. The van der Waals surface area contributed by atoms with Gasteiger partial charge in [-0.25, -0.2) is 4.39 Å². The zero-order valence-electron chi connectivity index (χ0n) is 14.0. The number of nitrogens with one attached hydrogen (secondary N) is 1. The van der Waals surface area contributed by atoms with Gasteiger partial charge in [0.05, 0.1) is 6.54 Å². The maximum absolute atomic E-state index is 12.8. The van der Waals surface area contributed by atoms with Gasteiger partial charge in [-0.1, -0.05) is 26.0 Å². The van der Waals surface area contributed by atoms with Crippen LogP contribution in [0, 0.1) is 5.82 Å². The molecule has 0 fully saturated rings. The quantitative estimate of drug-likeness (QED) is 0.910. The molecule has 2 amide bonds. The van der Waals surface area contributed by atoms with Crippen LogP contribution in [-0.2, 0) is 4.79 Å². The van der Waals surface area contributed by atoms with Crippen molar-refractivity contribution in [1.82, 2.24) is 4.90 Å². The Morgan fingerprint density at radius 1 is 1.04 bits per heavy atom. The second-order valence-corrected chi connectivity index (χ2v) is 5.99. The Balaban J connectivity index is 1.95. The van der Waals surface area contributed by atoms with E-state index < -0.39 is 0 Å². The molecule has 0 heterocycles. The summed E-state index contributed by atoms with van der Waals surface area (Å²) in [5, 5.41) is 2.63. The van der Waals surface area contributed by atoms with Gasteiger partial charge in [-0.05, 0) is 47.9 Å². The third-order valence-electron chi connectivity index (χ3n) is 3.68. The van der Waals surface area contributed by atoms with Crippen molar-refractivity contribution in [2.45, 2.75) is 19.8 Å². The van der Waals surface area contributed by atoms with Gasteiger partial charge in [0.2, 0.25) is 5.91 Å². The first-order valence-electron chi connectivity index (χ1n) is 7.77. The van der Waals surface area contributed by atoms with Gasteiger partial charge in [-0.3, -0.25) is 9.59 Å². The Hall–Kier alpha value is -2.69. The van der Waals surface area contributed by atoms with Crippen molar-refractivity contribution < 1.29 is 14.0 Å². The van der Waals surface area contributed by atoms with Gasteiger partial charge in [-0.15, -0.1) is 0 Å². The molecular formula is C19H21FN2O2. The minimum absolute atomic E-state index is 0.0812. The van der Waals surface area contributed by atoms with Crippen molar-refractivity contribution in [3.05, 3.63) is 65.5 Å². The summed E-state index contributed by atoms with van der Waals surface area (Å²) in [6.45, 7) is 4.09. The first-order valence-corrected chi connectivity index (χ1v) is 7.77. The summed E-state index contributed by atoms with van der Waals surface area (Å²) in [5.41, 5.74) is 2.18. The highest BCUT2D eigenvalue weighted by atomic mass is 19.1. The Morgan fingerprint density at radius 2 is 1.62 bits per heavy atom. The van der Waals surface area contributed by atoms with Crippen molar-refractivity contribution in [3.63, 3.8) is 0 Å². The molecular weight excluding hydrogens is 307 g/mol. The molecule has 0 aromatic heterocycles. The Labute approximate surface area is 141 Å². The standard InChI is InChI=1S/C19H21FN2O2/c1-13(2)14-4-6-15(7-5-14)19(24)22(3)12-18(23)21-17-10-8-16(20)9-11-17/h4-11,13H,12H2,1-3H3,(H,21,23). The summed E-state index contributed by atoms with van der Waals surface area (Å²) in [5.74, 6) is -0.533. The van der Waals surface area contributed by atoms with E-state index in [1.54, 1.807) is 19.2 Å². The van der Waals surface area contributed by atoms with Crippen LogP contribution in [0.1, 0.15) is 35.7 Å². The molecule has 0 aliphatic carbocycles. The minimum Gasteiger partial charge on any atom is -0.332 e. The molecule has 126 valence electrons. The normalized spacial score (nSPS) is 10.5. The number of likely N-dealkylation sites (N-methyl/N-ethyl adjacent to an activating group) is 1. The van der Waals surface area contributed by atoms with Gasteiger partial charge in [-0.2, -0.15) is 0 Å². The molecule has 2 aromatic carbocycles. The summed E-state index contributed by atoms with van der Waals surface area (Å²) in [7, 11) is 1.57. The van der Waals surface area contributed by atoms with Crippen LogP contribution in [0.4, 0.5) is 10.1 Å². The lowest BCUT2D eigenvalue weighted by Gasteiger charge is -2.17. The highest BCUT2D eigenvalue weighted by molar-refractivity contribution is 5.99. The third-order valence-corrected chi connectivity index (χ3v) is 3.68. The number of carbonyl (C=O) groups excluding carboxylic acids is 2.